The average Bonchev–Trinajstić information content (AvgIpc) is 2.57. The summed E-state index contributed by atoms with van der Waals surface area (Å²) in [7, 11) is 0. The Labute approximate surface area is 129 Å². The summed E-state index contributed by atoms with van der Waals surface area (Å²) in [6, 6.07) is 1.75. The van der Waals surface area contributed by atoms with Crippen LogP contribution in [0.25, 0.3) is 0 Å². The molecule has 1 aliphatic heterocycles. The van der Waals surface area contributed by atoms with Crippen LogP contribution in [0, 0.1) is 5.92 Å². The number of ether oxygens (including phenoxy) is 1. The van der Waals surface area contributed by atoms with Gasteiger partial charge in [-0.25, -0.2) is 9.97 Å². The van der Waals surface area contributed by atoms with E-state index < -0.39 is 0 Å². The van der Waals surface area contributed by atoms with Gasteiger partial charge in [0.25, 0.3) is 0 Å². The molecule has 6 heteroatoms. The third kappa shape index (κ3) is 3.61. The first kappa shape index (κ1) is 14.9. The number of carbonyl (C=O) groups excluding carboxylic acids is 2. The fourth-order valence-corrected chi connectivity index (χ4v) is 3.16. The van der Waals surface area contributed by atoms with E-state index in [2.05, 4.69) is 9.97 Å². The van der Waals surface area contributed by atoms with Crippen molar-refractivity contribution in [2.24, 2.45) is 5.92 Å². The van der Waals surface area contributed by atoms with Gasteiger partial charge in [0.15, 0.2) is 0 Å². The third-order valence-electron chi connectivity index (χ3n) is 4.49. The molecule has 2 fully saturated rings. The maximum atomic E-state index is 12.5. The van der Waals surface area contributed by atoms with Gasteiger partial charge in [0, 0.05) is 57.0 Å². The predicted octanol–water partition coefficient (Wildman–Crippen LogP) is 1.61. The molecule has 1 aliphatic carbocycles. The molecular weight excluding hydrogens is 282 g/mol. The molecular formula is C16H21N3O3. The molecule has 1 saturated carbocycles. The highest BCUT2D eigenvalue weighted by molar-refractivity contribution is 5.84. The lowest BCUT2D eigenvalue weighted by atomic mass is 9.87. The predicted molar refractivity (Wildman–Crippen MR) is 79.2 cm³/mol. The van der Waals surface area contributed by atoms with Crippen molar-refractivity contribution in [3.63, 3.8) is 0 Å². The van der Waals surface area contributed by atoms with Crippen LogP contribution in [0.5, 0.6) is 5.88 Å². The Morgan fingerprint density at radius 2 is 1.91 bits per heavy atom. The molecule has 0 spiro atoms. The maximum Gasteiger partial charge on any atom is 0.225 e. The van der Waals surface area contributed by atoms with Gasteiger partial charge in [-0.3, -0.25) is 9.59 Å². The quantitative estimate of drug-likeness (QED) is 0.848. The average molecular weight is 303 g/mol. The zero-order valence-corrected chi connectivity index (χ0v) is 12.6. The molecule has 1 amide bonds. The van der Waals surface area contributed by atoms with Crippen LogP contribution in [0.1, 0.15) is 38.5 Å². The van der Waals surface area contributed by atoms with Crippen molar-refractivity contribution in [2.45, 2.75) is 44.6 Å². The van der Waals surface area contributed by atoms with Gasteiger partial charge in [-0.05, 0) is 12.8 Å². The standard InChI is InChI=1S/C16H21N3O3/c20-13-3-1-12(2-4-13)16(21)19-9-6-14(7-10-19)22-15-5-8-17-11-18-15/h5,8,11-12,14H,1-4,6-7,9-10H2. The van der Waals surface area contributed by atoms with Crippen LogP contribution in [0.3, 0.4) is 0 Å². The van der Waals surface area contributed by atoms with E-state index in [1.165, 1.54) is 6.33 Å². The van der Waals surface area contributed by atoms with Gasteiger partial charge in [-0.15, -0.1) is 0 Å². The van der Waals surface area contributed by atoms with Crippen LogP contribution >= 0.6 is 0 Å². The van der Waals surface area contributed by atoms with E-state index >= 15 is 0 Å². The number of rotatable bonds is 3. The van der Waals surface area contributed by atoms with Crippen molar-refractivity contribution in [1.29, 1.82) is 0 Å². The number of Topliss-reactive ketones (excluding diaryl/α,β-unsaturated/α-hetero) is 1. The molecule has 1 aromatic heterocycles. The van der Waals surface area contributed by atoms with Crippen molar-refractivity contribution >= 4 is 11.7 Å². The minimum absolute atomic E-state index is 0.0389. The number of hydrogen-bond acceptors (Lipinski definition) is 5. The Hall–Kier alpha value is -1.98. The molecule has 0 aromatic carbocycles. The summed E-state index contributed by atoms with van der Waals surface area (Å²) in [6.45, 7) is 1.44. The monoisotopic (exact) mass is 303 g/mol. The topological polar surface area (TPSA) is 72.4 Å². The van der Waals surface area contributed by atoms with Crippen LogP contribution in [-0.2, 0) is 9.59 Å². The zero-order chi connectivity index (χ0) is 15.4. The van der Waals surface area contributed by atoms with Crippen LogP contribution in [-0.4, -0.2) is 45.8 Å². The normalized spacial score (nSPS) is 20.9. The molecule has 0 N–H and O–H groups in total. The van der Waals surface area contributed by atoms with Gasteiger partial charge in [-0.1, -0.05) is 0 Å². The molecule has 2 aliphatic rings. The lowest BCUT2D eigenvalue weighted by Crippen LogP contribution is -2.45. The molecule has 22 heavy (non-hydrogen) atoms. The molecule has 1 saturated heterocycles. The summed E-state index contributed by atoms with van der Waals surface area (Å²) < 4.78 is 5.81. The highest BCUT2D eigenvalue weighted by Gasteiger charge is 2.31. The molecule has 0 bridgehead atoms. The molecule has 6 nitrogen and oxygen atoms in total. The van der Waals surface area contributed by atoms with E-state index in [1.807, 2.05) is 4.90 Å². The molecule has 0 atom stereocenters. The Bertz CT molecular complexity index is 517. The zero-order valence-electron chi connectivity index (χ0n) is 12.6. The highest BCUT2D eigenvalue weighted by Crippen LogP contribution is 2.25. The lowest BCUT2D eigenvalue weighted by molar-refractivity contribution is -0.139. The van der Waals surface area contributed by atoms with E-state index in [9.17, 15) is 9.59 Å². The third-order valence-corrected chi connectivity index (χ3v) is 4.49. The number of hydrogen-bond donors (Lipinski definition) is 0. The van der Waals surface area contributed by atoms with E-state index in [4.69, 9.17) is 4.74 Å². The van der Waals surface area contributed by atoms with Gasteiger partial charge in [-0.2, -0.15) is 0 Å². The largest absolute Gasteiger partial charge is 0.474 e. The summed E-state index contributed by atoms with van der Waals surface area (Å²) in [6.07, 6.45) is 7.43. The number of amides is 1. The molecule has 118 valence electrons. The van der Waals surface area contributed by atoms with E-state index in [-0.39, 0.29) is 17.9 Å². The summed E-state index contributed by atoms with van der Waals surface area (Å²) in [5.74, 6) is 1.14. The first-order chi connectivity index (χ1) is 10.7. The van der Waals surface area contributed by atoms with Crippen molar-refractivity contribution in [3.05, 3.63) is 18.6 Å². The SMILES string of the molecule is O=C1CCC(C(=O)N2CCC(Oc3ccncn3)CC2)CC1. The van der Waals surface area contributed by atoms with E-state index in [1.54, 1.807) is 12.3 Å². The molecule has 3 rings (SSSR count). The summed E-state index contributed by atoms with van der Waals surface area (Å²) in [5, 5.41) is 0. The van der Waals surface area contributed by atoms with Crippen molar-refractivity contribution in [2.75, 3.05) is 13.1 Å². The highest BCUT2D eigenvalue weighted by atomic mass is 16.5. The molecule has 1 aromatic rings. The maximum absolute atomic E-state index is 12.5. The fourth-order valence-electron chi connectivity index (χ4n) is 3.16. The first-order valence-corrected chi connectivity index (χ1v) is 7.95. The van der Waals surface area contributed by atoms with Crippen LogP contribution in [0.15, 0.2) is 18.6 Å². The minimum atomic E-state index is 0.0389. The summed E-state index contributed by atoms with van der Waals surface area (Å²) in [5.41, 5.74) is 0. The van der Waals surface area contributed by atoms with Gasteiger partial charge in [0.2, 0.25) is 11.8 Å². The number of likely N-dealkylation sites (tertiary alicyclic amines) is 1. The molecule has 2 heterocycles. The van der Waals surface area contributed by atoms with Crippen molar-refractivity contribution in [1.82, 2.24) is 14.9 Å². The number of carbonyl (C=O) groups is 2. The Morgan fingerprint density at radius 1 is 1.18 bits per heavy atom. The van der Waals surface area contributed by atoms with Crippen molar-refractivity contribution in [3.8, 4) is 5.88 Å². The number of piperidine rings is 1. The second-order valence-corrected chi connectivity index (χ2v) is 6.00. The van der Waals surface area contributed by atoms with Crippen LogP contribution in [0.4, 0.5) is 0 Å². The van der Waals surface area contributed by atoms with Gasteiger partial charge >= 0.3 is 0 Å². The number of nitrogens with zero attached hydrogens (tertiary/aromatic N) is 3. The smallest absolute Gasteiger partial charge is 0.225 e. The van der Waals surface area contributed by atoms with E-state index in [0.717, 1.165) is 38.8 Å². The van der Waals surface area contributed by atoms with Gasteiger partial charge < -0.3 is 9.64 Å². The molecule has 0 radical (unpaired) electrons. The summed E-state index contributed by atoms with van der Waals surface area (Å²) in [4.78, 5) is 33.6. The van der Waals surface area contributed by atoms with E-state index in [0.29, 0.717) is 24.5 Å². The first-order valence-electron chi connectivity index (χ1n) is 7.95. The minimum Gasteiger partial charge on any atom is -0.474 e. The Kier molecular flexibility index (Phi) is 4.65. The lowest BCUT2D eigenvalue weighted by Gasteiger charge is -2.34. The second kappa shape index (κ2) is 6.85. The fraction of sp³-hybridized carbons (Fsp3) is 0.625. The number of aromatic nitrogens is 2. The van der Waals surface area contributed by atoms with Crippen molar-refractivity contribution < 1.29 is 14.3 Å². The summed E-state index contributed by atoms with van der Waals surface area (Å²) >= 11 is 0. The Morgan fingerprint density at radius 3 is 2.55 bits per heavy atom. The second-order valence-electron chi connectivity index (χ2n) is 6.00. The number of ketones is 1. The Balaban J connectivity index is 1.47. The van der Waals surface area contributed by atoms with Gasteiger partial charge in [0.1, 0.15) is 18.2 Å². The van der Waals surface area contributed by atoms with Gasteiger partial charge in [0.05, 0.1) is 0 Å². The molecule has 0 unspecified atom stereocenters. The van der Waals surface area contributed by atoms with Crippen LogP contribution in [0.2, 0.25) is 0 Å². The van der Waals surface area contributed by atoms with Crippen LogP contribution < -0.4 is 4.74 Å².